The molecule has 0 saturated heterocycles. The molecular weight excluding hydrogens is 352 g/mol. The predicted molar refractivity (Wildman–Crippen MR) is 97.9 cm³/mol. The number of fused-ring (bicyclic) bond motifs is 1. The Balaban J connectivity index is 1.86. The van der Waals surface area contributed by atoms with Crippen LogP contribution in [0.5, 0.6) is 0 Å². The highest BCUT2D eigenvalue weighted by Crippen LogP contribution is 2.28. The molecule has 0 radical (unpaired) electrons. The van der Waals surface area contributed by atoms with Gasteiger partial charge in [0.1, 0.15) is 17.3 Å². The molecule has 4 rings (SSSR count). The number of nitrogens with two attached hydrogens (primary N) is 2. The lowest BCUT2D eigenvalue weighted by Crippen LogP contribution is -2.09. The van der Waals surface area contributed by atoms with Crippen molar-refractivity contribution in [2.45, 2.75) is 0 Å². The number of carbonyl (C=O) groups is 1. The molecule has 0 aliphatic heterocycles. The zero-order chi connectivity index (χ0) is 19.1. The number of H-pyrrole nitrogens is 1. The third-order valence-electron chi connectivity index (χ3n) is 4.24. The molecule has 3 aromatic heterocycles. The Bertz CT molecular complexity index is 1180. The van der Waals surface area contributed by atoms with Crippen LogP contribution in [0, 0.1) is 11.6 Å². The van der Waals surface area contributed by atoms with E-state index in [1.54, 1.807) is 30.6 Å². The number of nitrogens with zero attached hydrogens (tertiary/aromatic N) is 2. The molecule has 6 nitrogen and oxygen atoms in total. The lowest BCUT2D eigenvalue weighted by Gasteiger charge is -2.06. The number of halogens is 2. The number of aromatic amines is 1. The number of hydrogen-bond donors (Lipinski definition) is 3. The predicted octanol–water partition coefficient (Wildman–Crippen LogP) is 3.30. The number of nitrogen functional groups attached to an aromatic ring is 2. The Morgan fingerprint density at radius 3 is 2.52 bits per heavy atom. The van der Waals surface area contributed by atoms with Gasteiger partial charge in [0.2, 0.25) is 5.78 Å². The quantitative estimate of drug-likeness (QED) is 0.381. The molecule has 1 aromatic carbocycles. The molecule has 0 atom stereocenters. The van der Waals surface area contributed by atoms with Gasteiger partial charge in [-0.1, -0.05) is 0 Å². The first-order valence-electron chi connectivity index (χ1n) is 7.93. The van der Waals surface area contributed by atoms with E-state index < -0.39 is 23.0 Å². The molecule has 0 fully saturated rings. The van der Waals surface area contributed by atoms with Crippen LogP contribution in [0.4, 0.5) is 20.3 Å². The van der Waals surface area contributed by atoms with E-state index in [1.165, 1.54) is 6.20 Å². The van der Waals surface area contributed by atoms with Crippen LogP contribution in [0.3, 0.4) is 0 Å². The number of rotatable bonds is 3. The van der Waals surface area contributed by atoms with E-state index in [4.69, 9.17) is 11.5 Å². The molecule has 0 spiro atoms. The number of aromatic nitrogens is 3. The van der Waals surface area contributed by atoms with Gasteiger partial charge >= 0.3 is 0 Å². The van der Waals surface area contributed by atoms with E-state index in [0.717, 1.165) is 17.7 Å². The summed E-state index contributed by atoms with van der Waals surface area (Å²) >= 11 is 0. The Kier molecular flexibility index (Phi) is 3.80. The van der Waals surface area contributed by atoms with E-state index >= 15 is 0 Å². The van der Waals surface area contributed by atoms with E-state index in [9.17, 15) is 13.6 Å². The standard InChI is InChI=1S/C19H13F2N5O/c20-13-2-3-14(22)17(21)16(13)18(27)12-8-26-19-11(12)5-10(7-25-19)9-1-4-15(23)24-6-9/h1-8H,22H2,(H2,23,24)(H,25,26). The van der Waals surface area contributed by atoms with Crippen LogP contribution in [0.1, 0.15) is 15.9 Å². The summed E-state index contributed by atoms with van der Waals surface area (Å²) in [6.45, 7) is 0. The number of nitrogens with one attached hydrogen (secondary N) is 1. The van der Waals surface area contributed by atoms with Gasteiger partial charge in [-0.2, -0.15) is 0 Å². The molecule has 4 aromatic rings. The molecule has 0 unspecified atom stereocenters. The maximum atomic E-state index is 14.3. The lowest BCUT2D eigenvalue weighted by atomic mass is 10.00. The van der Waals surface area contributed by atoms with Crippen LogP contribution in [0.2, 0.25) is 0 Å². The second-order valence-electron chi connectivity index (χ2n) is 5.95. The molecule has 3 heterocycles. The number of benzene rings is 1. The van der Waals surface area contributed by atoms with Crippen LogP contribution < -0.4 is 11.5 Å². The van der Waals surface area contributed by atoms with Crippen molar-refractivity contribution in [3.05, 3.63) is 71.7 Å². The third-order valence-corrected chi connectivity index (χ3v) is 4.24. The minimum Gasteiger partial charge on any atom is -0.396 e. The molecule has 0 aliphatic rings. The number of ketones is 1. The first-order chi connectivity index (χ1) is 13.0. The number of pyridine rings is 2. The number of carbonyl (C=O) groups excluding carboxylic acids is 1. The Labute approximate surface area is 151 Å². The van der Waals surface area contributed by atoms with Gasteiger partial charge in [-0.15, -0.1) is 0 Å². The number of anilines is 2. The molecule has 0 bridgehead atoms. The van der Waals surface area contributed by atoms with Crippen molar-refractivity contribution in [2.75, 3.05) is 11.5 Å². The van der Waals surface area contributed by atoms with E-state index in [-0.39, 0.29) is 11.3 Å². The normalized spacial score (nSPS) is 11.0. The van der Waals surface area contributed by atoms with E-state index in [0.29, 0.717) is 22.4 Å². The Morgan fingerprint density at radius 1 is 1.00 bits per heavy atom. The second kappa shape index (κ2) is 6.17. The summed E-state index contributed by atoms with van der Waals surface area (Å²) < 4.78 is 28.3. The first-order valence-corrected chi connectivity index (χ1v) is 7.93. The molecule has 0 saturated carbocycles. The van der Waals surface area contributed by atoms with Gasteiger partial charge in [-0.3, -0.25) is 4.79 Å². The van der Waals surface area contributed by atoms with Crippen LogP contribution in [0.25, 0.3) is 22.2 Å². The minimum absolute atomic E-state index is 0.0890. The third kappa shape index (κ3) is 2.77. The molecule has 5 N–H and O–H groups in total. The molecule has 0 aliphatic carbocycles. The smallest absolute Gasteiger partial charge is 0.201 e. The van der Waals surface area contributed by atoms with Gasteiger partial charge in [-0.05, 0) is 30.3 Å². The highest BCUT2D eigenvalue weighted by molar-refractivity contribution is 6.16. The summed E-state index contributed by atoms with van der Waals surface area (Å²) in [5.74, 6) is -2.51. The SMILES string of the molecule is Nc1ccc(-c2cnc3[nH]cc(C(=O)c4c(F)ccc(N)c4F)c3c2)cn1. The van der Waals surface area contributed by atoms with Gasteiger partial charge in [0.25, 0.3) is 0 Å². The monoisotopic (exact) mass is 365 g/mol. The molecule has 8 heteroatoms. The van der Waals surface area contributed by atoms with E-state index in [2.05, 4.69) is 15.0 Å². The zero-order valence-corrected chi connectivity index (χ0v) is 13.8. The zero-order valence-electron chi connectivity index (χ0n) is 13.8. The fourth-order valence-electron chi connectivity index (χ4n) is 2.84. The van der Waals surface area contributed by atoms with Gasteiger partial charge < -0.3 is 16.5 Å². The summed E-state index contributed by atoms with van der Waals surface area (Å²) in [6.07, 6.45) is 4.54. The van der Waals surface area contributed by atoms with Gasteiger partial charge in [0.15, 0.2) is 5.82 Å². The van der Waals surface area contributed by atoms with Crippen LogP contribution >= 0.6 is 0 Å². The molecule has 0 amide bonds. The lowest BCUT2D eigenvalue weighted by molar-refractivity contribution is 0.103. The van der Waals surface area contributed by atoms with E-state index in [1.807, 2.05) is 0 Å². The highest BCUT2D eigenvalue weighted by Gasteiger charge is 2.23. The molecular formula is C19H13F2N5O. The van der Waals surface area contributed by atoms with Gasteiger partial charge in [-0.25, -0.2) is 18.7 Å². The maximum Gasteiger partial charge on any atom is 0.201 e. The van der Waals surface area contributed by atoms with Crippen molar-refractivity contribution >= 4 is 28.3 Å². The topological polar surface area (TPSA) is 111 Å². The van der Waals surface area contributed by atoms with Gasteiger partial charge in [0, 0.05) is 40.7 Å². The maximum absolute atomic E-state index is 14.3. The summed E-state index contributed by atoms with van der Waals surface area (Å²) in [5, 5.41) is 0.426. The average molecular weight is 365 g/mol. The fourth-order valence-corrected chi connectivity index (χ4v) is 2.84. The van der Waals surface area contributed by atoms with Crippen LogP contribution in [-0.4, -0.2) is 20.7 Å². The van der Waals surface area contributed by atoms with Gasteiger partial charge in [0.05, 0.1) is 11.3 Å². The summed E-state index contributed by atoms with van der Waals surface area (Å²) in [5.41, 5.74) is 12.0. The van der Waals surface area contributed by atoms with Crippen molar-refractivity contribution in [1.29, 1.82) is 0 Å². The summed E-state index contributed by atoms with van der Waals surface area (Å²) in [4.78, 5) is 23.9. The average Bonchev–Trinajstić information content (AvgIpc) is 3.09. The Morgan fingerprint density at radius 2 is 1.78 bits per heavy atom. The highest BCUT2D eigenvalue weighted by atomic mass is 19.1. The molecule has 27 heavy (non-hydrogen) atoms. The minimum atomic E-state index is -1.08. The second-order valence-corrected chi connectivity index (χ2v) is 5.95. The Hall–Kier alpha value is -3.81. The fraction of sp³-hybridized carbons (Fsp3) is 0. The van der Waals surface area contributed by atoms with Crippen molar-refractivity contribution in [3.63, 3.8) is 0 Å². The first kappa shape index (κ1) is 16.6. The van der Waals surface area contributed by atoms with Crippen LogP contribution in [-0.2, 0) is 0 Å². The largest absolute Gasteiger partial charge is 0.396 e. The van der Waals surface area contributed by atoms with Crippen molar-refractivity contribution in [3.8, 4) is 11.1 Å². The molecule has 134 valence electrons. The summed E-state index contributed by atoms with van der Waals surface area (Å²) in [6, 6.07) is 7.13. The van der Waals surface area contributed by atoms with Crippen LogP contribution in [0.15, 0.2) is 48.9 Å². The van der Waals surface area contributed by atoms with Crippen molar-refractivity contribution in [1.82, 2.24) is 15.0 Å². The number of hydrogen-bond acceptors (Lipinski definition) is 5. The van der Waals surface area contributed by atoms with Crippen molar-refractivity contribution in [2.24, 2.45) is 0 Å². The van der Waals surface area contributed by atoms with Crippen molar-refractivity contribution < 1.29 is 13.6 Å². The summed E-state index contributed by atoms with van der Waals surface area (Å²) in [7, 11) is 0.